The lowest BCUT2D eigenvalue weighted by molar-refractivity contribution is 0.377. The Balaban J connectivity index is 2.19. The summed E-state index contributed by atoms with van der Waals surface area (Å²) in [5.74, 6) is 0. The summed E-state index contributed by atoms with van der Waals surface area (Å²) < 4.78 is 0. The molecular formula is C9H17NS. The SMILES string of the molecule is CS/C(C)=C\CN1CCCC1. The van der Waals surface area contributed by atoms with Crippen LogP contribution in [0.2, 0.25) is 0 Å². The van der Waals surface area contributed by atoms with Crippen LogP contribution in [0.1, 0.15) is 19.8 Å². The van der Waals surface area contributed by atoms with Gasteiger partial charge in [0, 0.05) is 6.54 Å². The normalized spacial score (nSPS) is 21.1. The van der Waals surface area contributed by atoms with Gasteiger partial charge in [-0.1, -0.05) is 6.08 Å². The Kier molecular flexibility index (Phi) is 4.02. The van der Waals surface area contributed by atoms with Crippen LogP contribution in [0, 0.1) is 0 Å². The van der Waals surface area contributed by atoms with Gasteiger partial charge in [-0.15, -0.1) is 11.8 Å². The minimum absolute atomic E-state index is 1.16. The molecule has 1 fully saturated rings. The van der Waals surface area contributed by atoms with Crippen molar-refractivity contribution in [3.05, 3.63) is 11.0 Å². The molecule has 0 saturated carbocycles. The molecule has 0 aromatic carbocycles. The third-order valence-electron chi connectivity index (χ3n) is 2.16. The lowest BCUT2D eigenvalue weighted by atomic mass is 10.4. The van der Waals surface area contributed by atoms with Crippen LogP contribution in [-0.2, 0) is 0 Å². The molecule has 64 valence electrons. The molecule has 0 aromatic rings. The number of nitrogens with zero attached hydrogens (tertiary/aromatic N) is 1. The van der Waals surface area contributed by atoms with Crippen LogP contribution in [0.5, 0.6) is 0 Å². The number of likely N-dealkylation sites (tertiary alicyclic amines) is 1. The van der Waals surface area contributed by atoms with E-state index in [4.69, 9.17) is 0 Å². The van der Waals surface area contributed by atoms with Gasteiger partial charge in [-0.2, -0.15) is 0 Å². The largest absolute Gasteiger partial charge is 0.300 e. The maximum Gasteiger partial charge on any atom is 0.0173 e. The van der Waals surface area contributed by atoms with Crippen LogP contribution in [0.4, 0.5) is 0 Å². The summed E-state index contributed by atoms with van der Waals surface area (Å²) in [5, 5.41) is 0. The van der Waals surface area contributed by atoms with E-state index in [-0.39, 0.29) is 0 Å². The summed E-state index contributed by atoms with van der Waals surface area (Å²) in [6.07, 6.45) is 7.25. The fourth-order valence-corrected chi connectivity index (χ4v) is 1.55. The van der Waals surface area contributed by atoms with Crippen molar-refractivity contribution in [2.45, 2.75) is 19.8 Å². The molecule has 2 heteroatoms. The fraction of sp³-hybridized carbons (Fsp3) is 0.778. The highest BCUT2D eigenvalue weighted by atomic mass is 32.2. The maximum atomic E-state index is 2.51. The fourth-order valence-electron chi connectivity index (χ4n) is 1.31. The Hall–Kier alpha value is 0.0500. The summed E-state index contributed by atoms with van der Waals surface area (Å²) in [7, 11) is 0. The molecular weight excluding hydrogens is 154 g/mol. The van der Waals surface area contributed by atoms with Gasteiger partial charge >= 0.3 is 0 Å². The van der Waals surface area contributed by atoms with Crippen molar-refractivity contribution in [1.82, 2.24) is 4.90 Å². The summed E-state index contributed by atoms with van der Waals surface area (Å²) in [4.78, 5) is 3.96. The zero-order valence-electron chi connectivity index (χ0n) is 7.47. The minimum Gasteiger partial charge on any atom is -0.300 e. The predicted molar refractivity (Wildman–Crippen MR) is 52.9 cm³/mol. The average molecular weight is 171 g/mol. The Morgan fingerprint density at radius 2 is 2.09 bits per heavy atom. The number of rotatable bonds is 3. The van der Waals surface area contributed by atoms with Gasteiger partial charge in [0.15, 0.2) is 0 Å². The second-order valence-corrected chi connectivity index (χ2v) is 4.08. The maximum absolute atomic E-state index is 2.51. The van der Waals surface area contributed by atoms with E-state index in [9.17, 15) is 0 Å². The predicted octanol–water partition coefficient (Wildman–Crippen LogP) is 2.35. The Morgan fingerprint density at radius 1 is 1.45 bits per heavy atom. The summed E-state index contributed by atoms with van der Waals surface area (Å²) in [5.41, 5.74) is 0. The average Bonchev–Trinajstić information content (AvgIpc) is 2.52. The van der Waals surface area contributed by atoms with Crippen LogP contribution >= 0.6 is 11.8 Å². The molecule has 0 unspecified atom stereocenters. The first-order valence-electron chi connectivity index (χ1n) is 4.26. The molecule has 11 heavy (non-hydrogen) atoms. The van der Waals surface area contributed by atoms with Gasteiger partial charge in [-0.05, 0) is 44.0 Å². The summed E-state index contributed by atoms with van der Waals surface area (Å²) in [6, 6.07) is 0. The molecule has 0 aromatic heterocycles. The van der Waals surface area contributed by atoms with E-state index in [1.807, 2.05) is 11.8 Å². The van der Waals surface area contributed by atoms with Crippen LogP contribution in [-0.4, -0.2) is 30.8 Å². The summed E-state index contributed by atoms with van der Waals surface area (Å²) >= 11 is 1.84. The molecule has 0 amide bonds. The number of hydrogen-bond acceptors (Lipinski definition) is 2. The quantitative estimate of drug-likeness (QED) is 0.641. The van der Waals surface area contributed by atoms with Crippen molar-refractivity contribution >= 4 is 11.8 Å². The molecule has 0 spiro atoms. The van der Waals surface area contributed by atoms with Crippen molar-refractivity contribution in [3.8, 4) is 0 Å². The van der Waals surface area contributed by atoms with Crippen molar-refractivity contribution in [2.75, 3.05) is 25.9 Å². The van der Waals surface area contributed by atoms with E-state index in [1.165, 1.54) is 30.8 Å². The number of allylic oxidation sites excluding steroid dienone is 1. The van der Waals surface area contributed by atoms with E-state index in [0.717, 1.165) is 6.54 Å². The van der Waals surface area contributed by atoms with Crippen molar-refractivity contribution in [2.24, 2.45) is 0 Å². The smallest absolute Gasteiger partial charge is 0.0173 e. The lowest BCUT2D eigenvalue weighted by Crippen LogP contribution is -2.18. The number of hydrogen-bond donors (Lipinski definition) is 0. The van der Waals surface area contributed by atoms with Crippen LogP contribution in [0.3, 0.4) is 0 Å². The van der Waals surface area contributed by atoms with Gasteiger partial charge < -0.3 is 0 Å². The van der Waals surface area contributed by atoms with Gasteiger partial charge in [0.2, 0.25) is 0 Å². The van der Waals surface area contributed by atoms with Crippen LogP contribution < -0.4 is 0 Å². The highest BCUT2D eigenvalue weighted by molar-refractivity contribution is 8.02. The molecule has 0 N–H and O–H groups in total. The second-order valence-electron chi connectivity index (χ2n) is 3.03. The highest BCUT2D eigenvalue weighted by Crippen LogP contribution is 2.11. The zero-order valence-corrected chi connectivity index (χ0v) is 8.28. The van der Waals surface area contributed by atoms with Crippen molar-refractivity contribution in [3.63, 3.8) is 0 Å². The first-order valence-corrected chi connectivity index (χ1v) is 5.48. The Labute approximate surface area is 73.8 Å². The van der Waals surface area contributed by atoms with Crippen molar-refractivity contribution in [1.29, 1.82) is 0 Å². The van der Waals surface area contributed by atoms with Crippen LogP contribution in [0.15, 0.2) is 11.0 Å². The molecule has 0 aliphatic carbocycles. The van der Waals surface area contributed by atoms with Gasteiger partial charge in [0.25, 0.3) is 0 Å². The monoisotopic (exact) mass is 171 g/mol. The first kappa shape index (κ1) is 9.14. The molecule has 1 saturated heterocycles. The second kappa shape index (κ2) is 4.83. The molecule has 0 bridgehead atoms. The molecule has 1 aliphatic heterocycles. The number of thioether (sulfide) groups is 1. The van der Waals surface area contributed by atoms with E-state index >= 15 is 0 Å². The third-order valence-corrected chi connectivity index (χ3v) is 2.97. The topological polar surface area (TPSA) is 3.24 Å². The van der Waals surface area contributed by atoms with E-state index in [0.29, 0.717) is 0 Å². The Bertz CT molecular complexity index is 136. The molecule has 1 nitrogen and oxygen atoms in total. The van der Waals surface area contributed by atoms with Gasteiger partial charge in [-0.3, -0.25) is 4.90 Å². The zero-order chi connectivity index (χ0) is 8.10. The Morgan fingerprint density at radius 3 is 2.64 bits per heavy atom. The third kappa shape index (κ3) is 3.30. The van der Waals surface area contributed by atoms with Crippen LogP contribution in [0.25, 0.3) is 0 Å². The molecule has 0 atom stereocenters. The van der Waals surface area contributed by atoms with Gasteiger partial charge in [0.1, 0.15) is 0 Å². The molecule has 1 rings (SSSR count). The van der Waals surface area contributed by atoms with E-state index in [2.05, 4.69) is 24.2 Å². The summed E-state index contributed by atoms with van der Waals surface area (Å²) in [6.45, 7) is 5.95. The van der Waals surface area contributed by atoms with Crippen molar-refractivity contribution < 1.29 is 0 Å². The lowest BCUT2D eigenvalue weighted by Gasteiger charge is -2.11. The molecule has 1 aliphatic rings. The standard InChI is InChI=1S/C9H17NS/c1-9(11-2)5-8-10-6-3-4-7-10/h5H,3-4,6-8H2,1-2H3/b9-5-. The van der Waals surface area contributed by atoms with E-state index < -0.39 is 0 Å². The highest BCUT2D eigenvalue weighted by Gasteiger charge is 2.08. The molecule has 1 heterocycles. The van der Waals surface area contributed by atoms with Gasteiger partial charge in [-0.25, -0.2) is 0 Å². The van der Waals surface area contributed by atoms with Gasteiger partial charge in [0.05, 0.1) is 0 Å². The molecule has 0 radical (unpaired) electrons. The minimum atomic E-state index is 1.16. The first-order chi connectivity index (χ1) is 5.33. The van der Waals surface area contributed by atoms with E-state index in [1.54, 1.807) is 0 Å².